The number of ether oxygens (including phenoxy) is 1. The quantitative estimate of drug-likeness (QED) is 0.219. The molecular formula is C20H34BNO4. The highest BCUT2D eigenvalue weighted by atomic mass is 17.0. The van der Waals surface area contributed by atoms with E-state index in [1.165, 1.54) is 83.5 Å². The molecule has 0 aromatic rings. The number of rotatable bonds is 15. The first-order valence-corrected chi connectivity index (χ1v) is 10.8. The lowest BCUT2D eigenvalue weighted by atomic mass is 10.0. The summed E-state index contributed by atoms with van der Waals surface area (Å²) in [5.41, 5.74) is 0. The van der Waals surface area contributed by atoms with Gasteiger partial charge in [-0.15, -0.1) is 0 Å². The van der Waals surface area contributed by atoms with Crippen molar-refractivity contribution in [2.45, 2.75) is 109 Å². The summed E-state index contributed by atoms with van der Waals surface area (Å²) in [6.45, 7) is 2.28. The second-order valence-electron chi connectivity index (χ2n) is 7.65. The first-order valence-electron chi connectivity index (χ1n) is 10.8. The van der Waals surface area contributed by atoms with E-state index < -0.39 is 13.2 Å². The molecule has 4 aliphatic rings. The summed E-state index contributed by atoms with van der Waals surface area (Å²) in [6, 6.07) is 0. The average Bonchev–Trinajstić information content (AvgIpc) is 2.82. The van der Waals surface area contributed by atoms with Crippen molar-refractivity contribution < 1.29 is 18.7 Å². The van der Waals surface area contributed by atoms with Crippen molar-refractivity contribution >= 4 is 13.4 Å². The van der Waals surface area contributed by atoms with Crippen LogP contribution in [0, 0.1) is 0 Å². The summed E-state index contributed by atoms with van der Waals surface area (Å²) < 4.78 is 21.6. The molecule has 0 amide bonds. The maximum atomic E-state index is 5.54. The Bertz CT molecular complexity index is 476. The third-order valence-electron chi connectivity index (χ3n) is 5.35. The minimum absolute atomic E-state index is 0.295. The summed E-state index contributed by atoms with van der Waals surface area (Å²) in [5.74, 6) is -0.954. The van der Waals surface area contributed by atoms with E-state index in [2.05, 4.69) is 18.0 Å². The Kier molecular flexibility index (Phi) is 7.87. The Morgan fingerprint density at radius 2 is 1.46 bits per heavy atom. The average molecular weight is 363 g/mol. The van der Waals surface area contributed by atoms with E-state index in [0.29, 0.717) is 6.08 Å². The molecule has 146 valence electrons. The highest BCUT2D eigenvalue weighted by Gasteiger charge is 2.68. The number of allylic oxidation sites excluding steroid dienone is 1. The molecule has 0 aromatic heterocycles. The number of unbranched alkanes of at least 4 members (excludes halogenated alkanes) is 13. The molecule has 0 saturated carbocycles. The molecule has 1 saturated heterocycles. The molecule has 1 spiro atoms. The molecule has 4 heterocycles. The molecule has 1 fully saturated rings. The molecule has 1 atom stereocenters. The van der Waals surface area contributed by atoms with Gasteiger partial charge in [0.2, 0.25) is 0 Å². The van der Waals surface area contributed by atoms with Gasteiger partial charge in [0.1, 0.15) is 0 Å². The van der Waals surface area contributed by atoms with Crippen molar-refractivity contribution in [3.8, 4) is 0 Å². The fraction of sp³-hybridized carbons (Fsp3) is 0.850. The van der Waals surface area contributed by atoms with Crippen LogP contribution >= 0.6 is 0 Å². The van der Waals surface area contributed by atoms with Gasteiger partial charge in [-0.1, -0.05) is 90.0 Å². The van der Waals surface area contributed by atoms with Crippen molar-refractivity contribution in [2.75, 3.05) is 0 Å². The molecule has 0 aromatic carbocycles. The Morgan fingerprint density at radius 3 is 2.04 bits per heavy atom. The van der Waals surface area contributed by atoms with Crippen LogP contribution in [0.25, 0.3) is 0 Å². The fourth-order valence-corrected chi connectivity index (χ4v) is 3.72. The molecule has 0 aliphatic carbocycles. The van der Waals surface area contributed by atoms with Crippen LogP contribution in [-0.4, -0.2) is 25.4 Å². The van der Waals surface area contributed by atoms with Crippen LogP contribution < -0.4 is 0 Å². The Labute approximate surface area is 158 Å². The monoisotopic (exact) mass is 363 g/mol. The largest absolute Gasteiger partial charge is 0.723 e. The number of hydrogen-bond donors (Lipinski definition) is 0. The molecule has 4 rings (SSSR count). The van der Waals surface area contributed by atoms with Crippen molar-refractivity contribution in [3.63, 3.8) is 0 Å². The van der Waals surface area contributed by atoms with Gasteiger partial charge in [-0.25, -0.2) is 0 Å². The Morgan fingerprint density at radius 1 is 0.885 bits per heavy atom. The van der Waals surface area contributed by atoms with Crippen LogP contribution in [0.4, 0.5) is 0 Å². The van der Waals surface area contributed by atoms with E-state index in [9.17, 15) is 0 Å². The van der Waals surface area contributed by atoms with E-state index >= 15 is 0 Å². The standard InChI is InChI=1S/C20H34BNO4/c1-2-3-4-5-6-7-8-9-10-11-12-13-14-15-16-17-18-20-22-19(23-18)24-21(25-20)26-20/h16-18H,2-15H2,1H3/b17-16+. The maximum absolute atomic E-state index is 5.54. The zero-order valence-electron chi connectivity index (χ0n) is 16.3. The highest BCUT2D eigenvalue weighted by molar-refractivity contribution is 6.42. The molecule has 0 N–H and O–H groups in total. The van der Waals surface area contributed by atoms with E-state index in [0.717, 1.165) is 6.42 Å². The summed E-state index contributed by atoms with van der Waals surface area (Å²) in [7, 11) is -0.623. The predicted molar refractivity (Wildman–Crippen MR) is 104 cm³/mol. The van der Waals surface area contributed by atoms with Crippen molar-refractivity contribution in [1.29, 1.82) is 0 Å². The van der Waals surface area contributed by atoms with E-state index in [4.69, 9.17) is 18.7 Å². The number of hydrogen-bond acceptors (Lipinski definition) is 5. The third kappa shape index (κ3) is 5.49. The molecule has 0 radical (unpaired) electrons. The molecule has 6 heteroatoms. The molecular weight excluding hydrogens is 329 g/mol. The zero-order chi connectivity index (χ0) is 18.1. The summed E-state index contributed by atoms with van der Waals surface area (Å²) >= 11 is 0. The van der Waals surface area contributed by atoms with Gasteiger partial charge >= 0.3 is 19.3 Å². The van der Waals surface area contributed by atoms with Gasteiger partial charge in [-0.2, -0.15) is 4.99 Å². The van der Waals surface area contributed by atoms with Crippen molar-refractivity contribution in [3.05, 3.63) is 12.2 Å². The Balaban J connectivity index is 1.09. The molecule has 5 nitrogen and oxygen atoms in total. The van der Waals surface area contributed by atoms with Crippen LogP contribution in [0.2, 0.25) is 0 Å². The Hall–Kier alpha value is -1.01. The SMILES string of the molecule is CCCCCCCCCCCCCCC/C=C/C1OC2=NC13OB(O2)O3. The second-order valence-corrected chi connectivity index (χ2v) is 7.65. The van der Waals surface area contributed by atoms with Gasteiger partial charge in [-0.05, 0) is 18.9 Å². The first kappa shape index (κ1) is 19.7. The van der Waals surface area contributed by atoms with Gasteiger partial charge in [0, 0.05) is 0 Å². The zero-order valence-corrected chi connectivity index (χ0v) is 16.3. The van der Waals surface area contributed by atoms with Gasteiger partial charge in [0.15, 0.2) is 6.10 Å². The van der Waals surface area contributed by atoms with Crippen LogP contribution in [0.5, 0.6) is 0 Å². The molecule has 4 aliphatic heterocycles. The lowest BCUT2D eigenvalue weighted by molar-refractivity contribution is -0.251. The van der Waals surface area contributed by atoms with E-state index in [-0.39, 0.29) is 6.10 Å². The minimum atomic E-state index is -0.954. The van der Waals surface area contributed by atoms with Gasteiger partial charge < -0.3 is 18.7 Å². The maximum Gasteiger partial charge on any atom is 0.723 e. The van der Waals surface area contributed by atoms with Crippen molar-refractivity contribution in [2.24, 2.45) is 4.99 Å². The van der Waals surface area contributed by atoms with Crippen LogP contribution in [-0.2, 0) is 18.7 Å². The van der Waals surface area contributed by atoms with E-state index in [1.54, 1.807) is 0 Å². The first-order chi connectivity index (χ1) is 12.8. The highest BCUT2D eigenvalue weighted by Crippen LogP contribution is 2.43. The normalized spacial score (nSPS) is 22.1. The summed E-state index contributed by atoms with van der Waals surface area (Å²) in [6.07, 6.45) is 23.2. The topological polar surface area (TPSA) is 49.3 Å². The minimum Gasteiger partial charge on any atom is -0.469 e. The summed E-state index contributed by atoms with van der Waals surface area (Å²) in [5, 5.41) is 0. The van der Waals surface area contributed by atoms with Gasteiger partial charge in [0.05, 0.1) is 0 Å². The summed E-state index contributed by atoms with van der Waals surface area (Å²) in [4.78, 5) is 4.14. The molecule has 3 bridgehead atoms. The van der Waals surface area contributed by atoms with Gasteiger partial charge in [0.25, 0.3) is 0 Å². The number of aliphatic imine (C=N–C) groups is 1. The predicted octanol–water partition coefficient (Wildman–Crippen LogP) is 5.49. The molecule has 1 unspecified atom stereocenters. The molecule has 26 heavy (non-hydrogen) atoms. The van der Waals surface area contributed by atoms with Crippen molar-refractivity contribution in [1.82, 2.24) is 0 Å². The van der Waals surface area contributed by atoms with Crippen LogP contribution in [0.3, 0.4) is 0 Å². The number of nitrogens with zero attached hydrogens (tertiary/aromatic N) is 1. The van der Waals surface area contributed by atoms with Gasteiger partial charge in [-0.3, -0.25) is 0 Å². The lowest BCUT2D eigenvalue weighted by Gasteiger charge is -2.39. The smallest absolute Gasteiger partial charge is 0.469 e. The third-order valence-corrected chi connectivity index (χ3v) is 5.35. The van der Waals surface area contributed by atoms with Crippen LogP contribution in [0.15, 0.2) is 17.1 Å². The second kappa shape index (κ2) is 10.4. The van der Waals surface area contributed by atoms with Crippen LogP contribution in [0.1, 0.15) is 96.8 Å². The van der Waals surface area contributed by atoms with E-state index in [1.807, 2.05) is 6.08 Å². The lowest BCUT2D eigenvalue weighted by Crippen LogP contribution is -2.62. The fourth-order valence-electron chi connectivity index (χ4n) is 3.72.